The molecule has 1 heteroatoms. The second-order valence-electron chi connectivity index (χ2n) is 4.97. The van der Waals surface area contributed by atoms with Crippen LogP contribution in [0, 0.1) is 6.92 Å². The molecule has 2 aromatic rings. The summed E-state index contributed by atoms with van der Waals surface area (Å²) in [5, 5.41) is 0. The Hall–Kier alpha value is -1.60. The van der Waals surface area contributed by atoms with E-state index in [2.05, 4.69) is 62.4 Å². The first-order valence-electron chi connectivity index (χ1n) is 6.58. The van der Waals surface area contributed by atoms with E-state index in [1.165, 1.54) is 22.3 Å². The van der Waals surface area contributed by atoms with E-state index in [0.717, 1.165) is 13.0 Å². The molecule has 1 unspecified atom stereocenters. The normalized spacial score (nSPS) is 12.4. The van der Waals surface area contributed by atoms with E-state index >= 15 is 0 Å². The van der Waals surface area contributed by atoms with Crippen molar-refractivity contribution in [2.75, 3.05) is 6.54 Å². The average Bonchev–Trinajstić information content (AvgIpc) is 2.39. The minimum Gasteiger partial charge on any atom is -0.330 e. The van der Waals surface area contributed by atoms with Crippen molar-refractivity contribution in [2.24, 2.45) is 5.73 Å². The molecule has 0 aliphatic heterocycles. The molecule has 0 spiro atoms. The molecule has 0 bridgehead atoms. The molecule has 0 heterocycles. The molecular formula is C17H21N. The number of hydrogen-bond acceptors (Lipinski definition) is 1. The van der Waals surface area contributed by atoms with Gasteiger partial charge in [-0.15, -0.1) is 0 Å². The number of rotatable bonds is 4. The maximum Gasteiger partial charge on any atom is -0.00715 e. The van der Waals surface area contributed by atoms with Gasteiger partial charge in [-0.2, -0.15) is 0 Å². The Bertz CT molecular complexity index is 499. The Kier molecular flexibility index (Phi) is 4.16. The lowest BCUT2D eigenvalue weighted by Gasteiger charge is -2.11. The van der Waals surface area contributed by atoms with E-state index in [4.69, 9.17) is 5.73 Å². The zero-order valence-electron chi connectivity index (χ0n) is 11.2. The van der Waals surface area contributed by atoms with Gasteiger partial charge in [-0.25, -0.2) is 0 Å². The Morgan fingerprint density at radius 2 is 1.72 bits per heavy atom. The average molecular weight is 239 g/mol. The Balaban J connectivity index is 2.22. The van der Waals surface area contributed by atoms with Crippen molar-refractivity contribution in [3.63, 3.8) is 0 Å². The predicted molar refractivity (Wildman–Crippen MR) is 78.7 cm³/mol. The summed E-state index contributed by atoms with van der Waals surface area (Å²) in [7, 11) is 0. The van der Waals surface area contributed by atoms with E-state index < -0.39 is 0 Å². The summed E-state index contributed by atoms with van der Waals surface area (Å²) in [5.41, 5.74) is 10.8. The van der Waals surface area contributed by atoms with E-state index in [9.17, 15) is 0 Å². The fourth-order valence-electron chi connectivity index (χ4n) is 2.25. The Labute approximate surface area is 110 Å². The smallest absolute Gasteiger partial charge is 0.00715 e. The summed E-state index contributed by atoms with van der Waals surface area (Å²) < 4.78 is 0. The SMILES string of the molecule is Cc1cccc(-c2ccc(C(C)CCN)cc2)c1. The van der Waals surface area contributed by atoms with Crippen LogP contribution in [0.25, 0.3) is 11.1 Å². The van der Waals surface area contributed by atoms with Crippen molar-refractivity contribution in [3.8, 4) is 11.1 Å². The lowest BCUT2D eigenvalue weighted by Crippen LogP contribution is -2.04. The molecule has 0 fully saturated rings. The highest BCUT2D eigenvalue weighted by molar-refractivity contribution is 5.64. The molecule has 0 aromatic heterocycles. The topological polar surface area (TPSA) is 26.0 Å². The van der Waals surface area contributed by atoms with Gasteiger partial charge in [0, 0.05) is 0 Å². The van der Waals surface area contributed by atoms with Crippen LogP contribution in [0.4, 0.5) is 0 Å². The standard InChI is InChI=1S/C17H21N/c1-13-4-3-5-17(12-13)16-8-6-15(7-9-16)14(2)10-11-18/h3-9,12,14H,10-11,18H2,1-2H3. The van der Waals surface area contributed by atoms with Crippen LogP contribution in [0.2, 0.25) is 0 Å². The van der Waals surface area contributed by atoms with Gasteiger partial charge in [0.2, 0.25) is 0 Å². The lowest BCUT2D eigenvalue weighted by molar-refractivity contribution is 0.690. The monoisotopic (exact) mass is 239 g/mol. The summed E-state index contributed by atoms with van der Waals surface area (Å²) in [5.74, 6) is 0.543. The van der Waals surface area contributed by atoms with Gasteiger partial charge in [-0.3, -0.25) is 0 Å². The molecule has 1 nitrogen and oxygen atoms in total. The summed E-state index contributed by atoms with van der Waals surface area (Å²) >= 11 is 0. The maximum absolute atomic E-state index is 5.60. The summed E-state index contributed by atoms with van der Waals surface area (Å²) in [6, 6.07) is 17.5. The van der Waals surface area contributed by atoms with Gasteiger partial charge in [0.05, 0.1) is 0 Å². The molecule has 0 aliphatic carbocycles. The maximum atomic E-state index is 5.60. The Morgan fingerprint density at radius 3 is 2.33 bits per heavy atom. The number of hydrogen-bond donors (Lipinski definition) is 1. The second-order valence-corrected chi connectivity index (χ2v) is 4.97. The highest BCUT2D eigenvalue weighted by atomic mass is 14.5. The van der Waals surface area contributed by atoms with Crippen molar-refractivity contribution >= 4 is 0 Å². The first-order valence-corrected chi connectivity index (χ1v) is 6.58. The molecule has 0 radical (unpaired) electrons. The van der Waals surface area contributed by atoms with Gasteiger partial charge >= 0.3 is 0 Å². The van der Waals surface area contributed by atoms with E-state index in [1.807, 2.05) is 0 Å². The fraction of sp³-hybridized carbons (Fsp3) is 0.294. The zero-order chi connectivity index (χ0) is 13.0. The number of aryl methyl sites for hydroxylation is 1. The molecule has 0 amide bonds. The van der Waals surface area contributed by atoms with Crippen LogP contribution >= 0.6 is 0 Å². The number of nitrogens with two attached hydrogens (primary N) is 1. The lowest BCUT2D eigenvalue weighted by atomic mass is 9.95. The van der Waals surface area contributed by atoms with Crippen LogP contribution in [0.5, 0.6) is 0 Å². The fourth-order valence-corrected chi connectivity index (χ4v) is 2.25. The van der Waals surface area contributed by atoms with Gasteiger partial charge in [-0.05, 0) is 42.5 Å². The first-order chi connectivity index (χ1) is 8.70. The third-order valence-electron chi connectivity index (χ3n) is 3.43. The van der Waals surface area contributed by atoms with Crippen LogP contribution in [0.1, 0.15) is 30.4 Å². The van der Waals surface area contributed by atoms with Crippen LogP contribution in [0.3, 0.4) is 0 Å². The van der Waals surface area contributed by atoms with Crippen LogP contribution < -0.4 is 5.73 Å². The zero-order valence-corrected chi connectivity index (χ0v) is 11.2. The molecule has 2 rings (SSSR count). The second kappa shape index (κ2) is 5.83. The van der Waals surface area contributed by atoms with E-state index in [0.29, 0.717) is 5.92 Å². The number of benzene rings is 2. The quantitative estimate of drug-likeness (QED) is 0.853. The van der Waals surface area contributed by atoms with Gasteiger partial charge in [-0.1, -0.05) is 61.0 Å². The van der Waals surface area contributed by atoms with Crippen LogP contribution in [-0.2, 0) is 0 Å². The third-order valence-corrected chi connectivity index (χ3v) is 3.43. The predicted octanol–water partition coefficient (Wildman–Crippen LogP) is 4.11. The molecule has 2 aromatic carbocycles. The van der Waals surface area contributed by atoms with Crippen LogP contribution in [0.15, 0.2) is 48.5 Å². The van der Waals surface area contributed by atoms with Gasteiger partial charge in [0.15, 0.2) is 0 Å². The largest absolute Gasteiger partial charge is 0.330 e. The van der Waals surface area contributed by atoms with Crippen molar-refractivity contribution in [2.45, 2.75) is 26.2 Å². The van der Waals surface area contributed by atoms with Crippen molar-refractivity contribution < 1.29 is 0 Å². The van der Waals surface area contributed by atoms with Crippen LogP contribution in [-0.4, -0.2) is 6.54 Å². The molecule has 0 saturated carbocycles. The minimum absolute atomic E-state index is 0.543. The highest BCUT2D eigenvalue weighted by Gasteiger charge is 2.04. The Morgan fingerprint density at radius 1 is 1.00 bits per heavy atom. The molecule has 0 saturated heterocycles. The summed E-state index contributed by atoms with van der Waals surface area (Å²) in [6.45, 7) is 5.11. The highest BCUT2D eigenvalue weighted by Crippen LogP contribution is 2.24. The molecule has 1 atom stereocenters. The molecule has 18 heavy (non-hydrogen) atoms. The van der Waals surface area contributed by atoms with Gasteiger partial charge < -0.3 is 5.73 Å². The first kappa shape index (κ1) is 12.8. The minimum atomic E-state index is 0.543. The van der Waals surface area contributed by atoms with Crippen molar-refractivity contribution in [1.82, 2.24) is 0 Å². The van der Waals surface area contributed by atoms with E-state index in [1.54, 1.807) is 0 Å². The van der Waals surface area contributed by atoms with Gasteiger partial charge in [0.25, 0.3) is 0 Å². The van der Waals surface area contributed by atoms with Gasteiger partial charge in [0.1, 0.15) is 0 Å². The molecular weight excluding hydrogens is 218 g/mol. The van der Waals surface area contributed by atoms with E-state index in [-0.39, 0.29) is 0 Å². The third kappa shape index (κ3) is 2.99. The van der Waals surface area contributed by atoms with Crippen molar-refractivity contribution in [1.29, 1.82) is 0 Å². The summed E-state index contributed by atoms with van der Waals surface area (Å²) in [4.78, 5) is 0. The van der Waals surface area contributed by atoms with Crippen molar-refractivity contribution in [3.05, 3.63) is 59.7 Å². The molecule has 94 valence electrons. The summed E-state index contributed by atoms with van der Waals surface area (Å²) in [6.07, 6.45) is 1.05. The molecule has 2 N–H and O–H groups in total. The molecule has 0 aliphatic rings.